The van der Waals surface area contributed by atoms with Gasteiger partial charge in [-0.25, -0.2) is 16.8 Å². The Labute approximate surface area is 149 Å². The first-order valence-electron chi connectivity index (χ1n) is 7.82. The Bertz CT molecular complexity index is 797. The van der Waals surface area contributed by atoms with E-state index in [0.717, 1.165) is 12.1 Å². The number of carbonyl (C=O) groups is 1. The van der Waals surface area contributed by atoms with Gasteiger partial charge in [0.25, 0.3) is 0 Å². The van der Waals surface area contributed by atoms with Crippen molar-refractivity contribution in [1.29, 1.82) is 0 Å². The predicted octanol–water partition coefficient (Wildman–Crippen LogP) is 1.10. The second-order valence-electron chi connectivity index (χ2n) is 5.74. The topological polar surface area (TPSA) is 121 Å². The van der Waals surface area contributed by atoms with Gasteiger partial charge in [0.1, 0.15) is 6.04 Å². The second-order valence-corrected chi connectivity index (χ2v) is 9.39. The maximum absolute atomic E-state index is 12.4. The third-order valence-electron chi connectivity index (χ3n) is 3.69. The van der Waals surface area contributed by atoms with E-state index in [9.17, 15) is 21.6 Å². The average Bonchev–Trinajstić information content (AvgIpc) is 2.53. The van der Waals surface area contributed by atoms with E-state index >= 15 is 0 Å². The highest BCUT2D eigenvalue weighted by molar-refractivity contribution is 7.89. The van der Waals surface area contributed by atoms with Crippen LogP contribution in [-0.4, -0.2) is 51.3 Å². The molecule has 0 aliphatic carbocycles. The molecule has 0 radical (unpaired) electrons. The number of sulfonamides is 2. The monoisotopic (exact) mass is 392 g/mol. The molecule has 1 aromatic carbocycles. The zero-order valence-corrected chi connectivity index (χ0v) is 16.3. The van der Waals surface area contributed by atoms with Crippen LogP contribution in [0.4, 0.5) is 0 Å². The van der Waals surface area contributed by atoms with Gasteiger partial charge in [0, 0.05) is 13.1 Å². The molecule has 10 heteroatoms. The molecule has 0 heterocycles. The Morgan fingerprint density at radius 3 is 1.84 bits per heavy atom. The highest BCUT2D eigenvalue weighted by Gasteiger charge is 2.28. The molecule has 25 heavy (non-hydrogen) atoms. The number of nitrogens with zero attached hydrogens (tertiary/aromatic N) is 1. The van der Waals surface area contributed by atoms with E-state index in [2.05, 4.69) is 4.72 Å². The first-order valence-corrected chi connectivity index (χ1v) is 10.7. The summed E-state index contributed by atoms with van der Waals surface area (Å²) in [4.78, 5) is 10.9. The standard InChI is InChI=1S/C15H24N2O6S2/c1-5-17(6-2)25(22,23)13-9-7-12(8-10-13)24(20,21)16-14(11(3)4)15(18)19/h7-11,14,16H,5-6H2,1-4H3,(H,18,19)/t14-/m1/s1. The lowest BCUT2D eigenvalue weighted by atomic mass is 10.1. The lowest BCUT2D eigenvalue weighted by Gasteiger charge is -2.19. The van der Waals surface area contributed by atoms with Crippen LogP contribution in [0.3, 0.4) is 0 Å². The largest absolute Gasteiger partial charge is 0.480 e. The van der Waals surface area contributed by atoms with Crippen LogP contribution >= 0.6 is 0 Å². The van der Waals surface area contributed by atoms with Crippen LogP contribution in [0.25, 0.3) is 0 Å². The van der Waals surface area contributed by atoms with Gasteiger partial charge in [-0.2, -0.15) is 9.03 Å². The molecular weight excluding hydrogens is 368 g/mol. The molecule has 8 nitrogen and oxygen atoms in total. The summed E-state index contributed by atoms with van der Waals surface area (Å²) in [6, 6.07) is 3.43. The van der Waals surface area contributed by atoms with E-state index in [1.165, 1.54) is 16.4 Å². The van der Waals surface area contributed by atoms with Crippen LogP contribution in [0.1, 0.15) is 27.7 Å². The molecule has 0 aromatic heterocycles. The van der Waals surface area contributed by atoms with Gasteiger partial charge in [-0.3, -0.25) is 4.79 Å². The van der Waals surface area contributed by atoms with Crippen LogP contribution in [0.5, 0.6) is 0 Å². The highest BCUT2D eigenvalue weighted by atomic mass is 32.2. The van der Waals surface area contributed by atoms with Crippen LogP contribution < -0.4 is 4.72 Å². The Balaban J connectivity index is 3.16. The molecule has 1 atom stereocenters. The Morgan fingerprint density at radius 2 is 1.48 bits per heavy atom. The van der Waals surface area contributed by atoms with Gasteiger partial charge in [-0.05, 0) is 30.2 Å². The molecule has 0 aliphatic rings. The smallest absolute Gasteiger partial charge is 0.322 e. The molecule has 1 aromatic rings. The summed E-state index contributed by atoms with van der Waals surface area (Å²) in [7, 11) is -7.77. The molecule has 0 aliphatic heterocycles. The van der Waals surface area contributed by atoms with Crippen molar-refractivity contribution in [1.82, 2.24) is 9.03 Å². The Morgan fingerprint density at radius 1 is 1.04 bits per heavy atom. The van der Waals surface area contributed by atoms with Crippen LogP contribution in [0.15, 0.2) is 34.1 Å². The van der Waals surface area contributed by atoms with Gasteiger partial charge in [0.15, 0.2) is 0 Å². The lowest BCUT2D eigenvalue weighted by Crippen LogP contribution is -2.44. The molecule has 142 valence electrons. The molecule has 0 amide bonds. The minimum absolute atomic E-state index is 0.0196. The number of benzene rings is 1. The van der Waals surface area contributed by atoms with E-state index in [1.807, 2.05) is 0 Å². The fourth-order valence-corrected chi connectivity index (χ4v) is 5.01. The summed E-state index contributed by atoms with van der Waals surface area (Å²) in [5, 5.41) is 9.11. The molecule has 0 saturated heterocycles. The summed E-state index contributed by atoms with van der Waals surface area (Å²) in [5.74, 6) is -1.73. The van der Waals surface area contributed by atoms with Crippen molar-refractivity contribution in [3.8, 4) is 0 Å². The van der Waals surface area contributed by atoms with Crippen LogP contribution in [0, 0.1) is 5.92 Å². The lowest BCUT2D eigenvalue weighted by molar-refractivity contribution is -0.140. The quantitative estimate of drug-likeness (QED) is 0.649. The number of nitrogens with one attached hydrogen (secondary N) is 1. The fraction of sp³-hybridized carbons (Fsp3) is 0.533. The molecule has 0 spiro atoms. The number of carboxylic acid groups (broad SMARTS) is 1. The summed E-state index contributed by atoms with van der Waals surface area (Å²) in [6.45, 7) is 7.19. The number of aliphatic carboxylic acids is 1. The summed E-state index contributed by atoms with van der Waals surface area (Å²) < 4.78 is 52.8. The van der Waals surface area contributed by atoms with Crippen molar-refractivity contribution in [3.05, 3.63) is 24.3 Å². The fourth-order valence-electron chi connectivity index (χ4n) is 2.21. The maximum atomic E-state index is 12.4. The molecule has 2 N–H and O–H groups in total. The summed E-state index contributed by atoms with van der Waals surface area (Å²) >= 11 is 0. The Kier molecular flexibility index (Phi) is 7.12. The number of carboxylic acids is 1. The van der Waals surface area contributed by atoms with E-state index in [-0.39, 0.29) is 9.79 Å². The van der Waals surface area contributed by atoms with E-state index in [4.69, 9.17) is 5.11 Å². The van der Waals surface area contributed by atoms with Crippen molar-refractivity contribution in [2.45, 2.75) is 43.5 Å². The predicted molar refractivity (Wildman–Crippen MR) is 93.1 cm³/mol. The number of hydrogen-bond donors (Lipinski definition) is 2. The minimum Gasteiger partial charge on any atom is -0.480 e. The van der Waals surface area contributed by atoms with Gasteiger partial charge in [-0.15, -0.1) is 0 Å². The van der Waals surface area contributed by atoms with Crippen LogP contribution in [-0.2, 0) is 24.8 Å². The zero-order chi connectivity index (χ0) is 19.4. The van der Waals surface area contributed by atoms with E-state index in [0.29, 0.717) is 13.1 Å². The second kappa shape index (κ2) is 8.26. The average molecular weight is 392 g/mol. The van der Waals surface area contributed by atoms with E-state index in [1.54, 1.807) is 27.7 Å². The molecule has 0 fully saturated rings. The van der Waals surface area contributed by atoms with Gasteiger partial charge in [0.2, 0.25) is 20.0 Å². The SMILES string of the molecule is CCN(CC)S(=O)(=O)c1ccc(S(=O)(=O)N[C@@H](C(=O)O)C(C)C)cc1. The van der Waals surface area contributed by atoms with Crippen molar-refractivity contribution < 1.29 is 26.7 Å². The number of rotatable bonds is 9. The summed E-state index contributed by atoms with van der Waals surface area (Å²) in [5.41, 5.74) is 0. The van der Waals surface area contributed by atoms with Crippen molar-refractivity contribution in [3.63, 3.8) is 0 Å². The Hall–Kier alpha value is -1.49. The first-order chi connectivity index (χ1) is 11.5. The molecular formula is C15H24N2O6S2. The molecule has 0 unspecified atom stereocenters. The normalized spacial score (nSPS) is 14.0. The van der Waals surface area contributed by atoms with Gasteiger partial charge >= 0.3 is 5.97 Å². The number of hydrogen-bond acceptors (Lipinski definition) is 5. The van der Waals surface area contributed by atoms with Crippen molar-refractivity contribution in [2.24, 2.45) is 5.92 Å². The summed E-state index contributed by atoms with van der Waals surface area (Å²) in [6.07, 6.45) is 0. The first kappa shape index (κ1) is 21.6. The third-order valence-corrected chi connectivity index (χ3v) is 7.21. The molecule has 1 rings (SSSR count). The third kappa shape index (κ3) is 5.00. The maximum Gasteiger partial charge on any atom is 0.322 e. The zero-order valence-electron chi connectivity index (χ0n) is 14.6. The van der Waals surface area contributed by atoms with Gasteiger partial charge in [0.05, 0.1) is 9.79 Å². The van der Waals surface area contributed by atoms with Crippen molar-refractivity contribution in [2.75, 3.05) is 13.1 Å². The van der Waals surface area contributed by atoms with Crippen molar-refractivity contribution >= 4 is 26.0 Å². The van der Waals surface area contributed by atoms with E-state index < -0.39 is 38.0 Å². The molecule has 0 bridgehead atoms. The highest BCUT2D eigenvalue weighted by Crippen LogP contribution is 2.19. The van der Waals surface area contributed by atoms with Gasteiger partial charge in [-0.1, -0.05) is 27.7 Å². The minimum atomic E-state index is -4.08. The van der Waals surface area contributed by atoms with Crippen LogP contribution in [0.2, 0.25) is 0 Å². The molecule has 0 saturated carbocycles. The van der Waals surface area contributed by atoms with Gasteiger partial charge < -0.3 is 5.11 Å².